The van der Waals surface area contributed by atoms with E-state index >= 15 is 0 Å². The number of hydrogen-bond donors (Lipinski definition) is 2. The molecule has 0 atom stereocenters. The molecule has 2 heteroatoms. The molecule has 0 fully saturated rings. The predicted octanol–water partition coefficient (Wildman–Crippen LogP) is 5.12. The van der Waals surface area contributed by atoms with Gasteiger partial charge in [-0.1, -0.05) is 72.8 Å². The minimum atomic E-state index is -0.472. The molecule has 0 saturated heterocycles. The molecule has 0 spiro atoms. The standard InChI is InChI=1S/C23H18O2/c24-21-9-5-19(6-10-21)23(20-7-11-22(25)12-8-20)15-13-17-3-1-2-4-18(17)14-16-23/h1-16,24-25H. The van der Waals surface area contributed by atoms with Crippen LogP contribution in [-0.4, -0.2) is 10.2 Å². The maximum absolute atomic E-state index is 9.67. The van der Waals surface area contributed by atoms with Crippen molar-refractivity contribution < 1.29 is 10.2 Å². The topological polar surface area (TPSA) is 40.5 Å². The average molecular weight is 326 g/mol. The lowest BCUT2D eigenvalue weighted by atomic mass is 9.74. The van der Waals surface area contributed by atoms with E-state index in [4.69, 9.17) is 0 Å². The Kier molecular flexibility index (Phi) is 3.66. The summed E-state index contributed by atoms with van der Waals surface area (Å²) in [6.07, 6.45) is 8.62. The first-order chi connectivity index (χ1) is 12.2. The van der Waals surface area contributed by atoms with Crippen LogP contribution in [0.4, 0.5) is 0 Å². The zero-order valence-electron chi connectivity index (χ0n) is 13.6. The normalized spacial score (nSPS) is 14.7. The highest BCUT2D eigenvalue weighted by Crippen LogP contribution is 2.39. The van der Waals surface area contributed by atoms with E-state index in [1.54, 1.807) is 24.3 Å². The molecule has 3 aromatic carbocycles. The van der Waals surface area contributed by atoms with Crippen molar-refractivity contribution in [1.82, 2.24) is 0 Å². The molecule has 0 aliphatic heterocycles. The Morgan fingerprint density at radius 2 is 0.920 bits per heavy atom. The molecule has 25 heavy (non-hydrogen) atoms. The van der Waals surface area contributed by atoms with Gasteiger partial charge in [-0.2, -0.15) is 0 Å². The van der Waals surface area contributed by atoms with Gasteiger partial charge in [0.2, 0.25) is 0 Å². The zero-order valence-corrected chi connectivity index (χ0v) is 13.6. The van der Waals surface area contributed by atoms with E-state index in [1.807, 2.05) is 36.4 Å². The summed E-state index contributed by atoms with van der Waals surface area (Å²) in [4.78, 5) is 0. The lowest BCUT2D eigenvalue weighted by Crippen LogP contribution is -2.22. The number of phenolic OH excluding ortho intramolecular Hbond substituents is 2. The summed E-state index contributed by atoms with van der Waals surface area (Å²) in [7, 11) is 0. The third kappa shape index (κ3) is 2.72. The number of phenols is 2. The Morgan fingerprint density at radius 3 is 1.32 bits per heavy atom. The van der Waals surface area contributed by atoms with Crippen molar-refractivity contribution in [3.63, 3.8) is 0 Å². The highest BCUT2D eigenvalue weighted by Gasteiger charge is 2.30. The predicted molar refractivity (Wildman–Crippen MR) is 102 cm³/mol. The summed E-state index contributed by atoms with van der Waals surface area (Å²) in [5.74, 6) is 0.490. The lowest BCUT2D eigenvalue weighted by molar-refractivity contribution is 0.475. The number of aromatic hydroxyl groups is 2. The third-order valence-corrected chi connectivity index (χ3v) is 4.74. The third-order valence-electron chi connectivity index (χ3n) is 4.74. The Hall–Kier alpha value is -3.26. The Labute approximate surface area is 147 Å². The van der Waals surface area contributed by atoms with Gasteiger partial charge in [-0.25, -0.2) is 0 Å². The minimum Gasteiger partial charge on any atom is -0.508 e. The Bertz CT molecular complexity index is 868. The van der Waals surface area contributed by atoms with Crippen LogP contribution >= 0.6 is 0 Å². The molecule has 0 heterocycles. The summed E-state index contributed by atoms with van der Waals surface area (Å²) >= 11 is 0. The van der Waals surface area contributed by atoms with Crippen LogP contribution in [-0.2, 0) is 5.41 Å². The molecular weight excluding hydrogens is 308 g/mol. The molecule has 0 aromatic heterocycles. The van der Waals surface area contributed by atoms with Gasteiger partial charge in [0.25, 0.3) is 0 Å². The highest BCUT2D eigenvalue weighted by molar-refractivity contribution is 5.73. The lowest BCUT2D eigenvalue weighted by Gasteiger charge is -2.28. The summed E-state index contributed by atoms with van der Waals surface area (Å²) < 4.78 is 0. The van der Waals surface area contributed by atoms with E-state index in [-0.39, 0.29) is 11.5 Å². The SMILES string of the molecule is Oc1ccc(C2(c3ccc(O)cc3)C=Cc3ccccc3C=C2)cc1. The van der Waals surface area contributed by atoms with Gasteiger partial charge in [-0.15, -0.1) is 0 Å². The van der Waals surface area contributed by atoms with Crippen molar-refractivity contribution in [2.75, 3.05) is 0 Å². The summed E-state index contributed by atoms with van der Waals surface area (Å²) in [6, 6.07) is 22.8. The van der Waals surface area contributed by atoms with E-state index in [2.05, 4.69) is 36.4 Å². The molecule has 0 bridgehead atoms. The van der Waals surface area contributed by atoms with Crippen LogP contribution < -0.4 is 0 Å². The van der Waals surface area contributed by atoms with E-state index in [0.717, 1.165) is 22.3 Å². The summed E-state index contributed by atoms with van der Waals surface area (Å²) in [5.41, 5.74) is 3.96. The molecule has 122 valence electrons. The largest absolute Gasteiger partial charge is 0.508 e. The molecular formula is C23H18O2. The molecule has 1 aliphatic carbocycles. The first kappa shape index (κ1) is 15.3. The second-order valence-electron chi connectivity index (χ2n) is 6.26. The molecule has 0 unspecified atom stereocenters. The highest BCUT2D eigenvalue weighted by atomic mass is 16.3. The van der Waals surface area contributed by atoms with Crippen LogP contribution in [0.15, 0.2) is 84.9 Å². The van der Waals surface area contributed by atoms with Gasteiger partial charge >= 0.3 is 0 Å². The molecule has 3 aromatic rings. The average Bonchev–Trinajstić information content (AvgIpc) is 2.84. The van der Waals surface area contributed by atoms with Gasteiger partial charge in [-0.05, 0) is 46.5 Å². The van der Waals surface area contributed by atoms with Crippen LogP contribution in [0, 0.1) is 0 Å². The first-order valence-electron chi connectivity index (χ1n) is 8.24. The van der Waals surface area contributed by atoms with Crippen molar-refractivity contribution in [3.05, 3.63) is 107 Å². The molecule has 0 amide bonds. The van der Waals surface area contributed by atoms with Crippen molar-refractivity contribution in [3.8, 4) is 11.5 Å². The van der Waals surface area contributed by atoms with Crippen molar-refractivity contribution in [2.45, 2.75) is 5.41 Å². The van der Waals surface area contributed by atoms with Crippen molar-refractivity contribution in [1.29, 1.82) is 0 Å². The first-order valence-corrected chi connectivity index (χ1v) is 8.24. The minimum absolute atomic E-state index is 0.245. The Morgan fingerprint density at radius 1 is 0.520 bits per heavy atom. The van der Waals surface area contributed by atoms with Crippen LogP contribution in [0.2, 0.25) is 0 Å². The summed E-state index contributed by atoms with van der Waals surface area (Å²) in [5, 5.41) is 19.3. The van der Waals surface area contributed by atoms with Crippen molar-refractivity contribution in [2.24, 2.45) is 0 Å². The smallest absolute Gasteiger partial charge is 0.115 e. The van der Waals surface area contributed by atoms with E-state index in [0.29, 0.717) is 0 Å². The second-order valence-corrected chi connectivity index (χ2v) is 6.26. The monoisotopic (exact) mass is 326 g/mol. The van der Waals surface area contributed by atoms with Crippen LogP contribution in [0.5, 0.6) is 11.5 Å². The number of benzene rings is 3. The fraction of sp³-hybridized carbons (Fsp3) is 0.0435. The second kappa shape index (κ2) is 5.99. The quantitative estimate of drug-likeness (QED) is 0.686. The van der Waals surface area contributed by atoms with Gasteiger partial charge in [0.1, 0.15) is 11.5 Å². The van der Waals surface area contributed by atoms with Gasteiger partial charge in [0.05, 0.1) is 5.41 Å². The van der Waals surface area contributed by atoms with Gasteiger partial charge in [0.15, 0.2) is 0 Å². The summed E-state index contributed by atoms with van der Waals surface area (Å²) in [6.45, 7) is 0. The molecule has 4 rings (SSSR count). The van der Waals surface area contributed by atoms with Crippen LogP contribution in [0.25, 0.3) is 12.2 Å². The fourth-order valence-corrected chi connectivity index (χ4v) is 3.34. The fourth-order valence-electron chi connectivity index (χ4n) is 3.34. The van der Waals surface area contributed by atoms with E-state index in [1.165, 1.54) is 0 Å². The molecule has 0 radical (unpaired) electrons. The number of rotatable bonds is 2. The molecule has 2 N–H and O–H groups in total. The van der Waals surface area contributed by atoms with Crippen molar-refractivity contribution >= 4 is 12.2 Å². The molecule has 1 aliphatic rings. The van der Waals surface area contributed by atoms with Gasteiger partial charge in [0, 0.05) is 0 Å². The maximum atomic E-state index is 9.67. The van der Waals surface area contributed by atoms with E-state index < -0.39 is 5.41 Å². The maximum Gasteiger partial charge on any atom is 0.115 e. The number of fused-ring (bicyclic) bond motifs is 1. The van der Waals surface area contributed by atoms with Gasteiger partial charge in [-0.3, -0.25) is 0 Å². The zero-order chi connectivity index (χ0) is 17.3. The van der Waals surface area contributed by atoms with Gasteiger partial charge < -0.3 is 10.2 Å². The number of allylic oxidation sites excluding steroid dienone is 2. The van der Waals surface area contributed by atoms with Crippen LogP contribution in [0.1, 0.15) is 22.3 Å². The molecule has 2 nitrogen and oxygen atoms in total. The number of hydrogen-bond acceptors (Lipinski definition) is 2. The van der Waals surface area contributed by atoms with Crippen LogP contribution in [0.3, 0.4) is 0 Å². The molecule has 0 saturated carbocycles. The Balaban J connectivity index is 1.94. The van der Waals surface area contributed by atoms with E-state index in [9.17, 15) is 10.2 Å².